The highest BCUT2D eigenvalue weighted by atomic mass is 32.2. The van der Waals surface area contributed by atoms with E-state index in [1.165, 1.54) is 4.31 Å². The summed E-state index contributed by atoms with van der Waals surface area (Å²) in [5, 5.41) is 0. The van der Waals surface area contributed by atoms with E-state index in [-0.39, 0.29) is 12.4 Å². The molecule has 1 saturated heterocycles. The Balaban J connectivity index is 1.54. The number of benzene rings is 2. The van der Waals surface area contributed by atoms with Gasteiger partial charge in [-0.1, -0.05) is 12.1 Å². The molecule has 0 amide bonds. The number of rotatable bonds is 7. The minimum Gasteiger partial charge on any atom is -0.497 e. The van der Waals surface area contributed by atoms with Crippen LogP contribution in [-0.2, 0) is 21.2 Å². The minimum absolute atomic E-state index is 0.213. The smallest absolute Gasteiger partial charge is 0.311 e. The molecule has 1 fully saturated rings. The summed E-state index contributed by atoms with van der Waals surface area (Å²) in [6, 6.07) is 13.5. The van der Waals surface area contributed by atoms with Crippen LogP contribution in [0.5, 0.6) is 11.5 Å². The van der Waals surface area contributed by atoms with Crippen molar-refractivity contribution in [2.75, 3.05) is 20.2 Å². The fourth-order valence-electron chi connectivity index (χ4n) is 2.98. The lowest BCUT2D eigenvalue weighted by atomic mass is 10.1. The average molecular weight is 389 g/mol. The molecule has 144 valence electrons. The molecule has 6 nitrogen and oxygen atoms in total. The van der Waals surface area contributed by atoms with E-state index in [9.17, 15) is 13.2 Å². The van der Waals surface area contributed by atoms with Crippen molar-refractivity contribution in [3.63, 3.8) is 0 Å². The monoisotopic (exact) mass is 389 g/mol. The summed E-state index contributed by atoms with van der Waals surface area (Å²) < 4.78 is 36.9. The molecule has 0 spiro atoms. The van der Waals surface area contributed by atoms with Crippen LogP contribution in [0.2, 0.25) is 0 Å². The van der Waals surface area contributed by atoms with Crippen LogP contribution >= 0.6 is 0 Å². The third-order valence-corrected chi connectivity index (χ3v) is 6.45. The van der Waals surface area contributed by atoms with Gasteiger partial charge in [0.15, 0.2) is 0 Å². The highest BCUT2D eigenvalue weighted by Gasteiger charge is 2.26. The largest absolute Gasteiger partial charge is 0.497 e. The number of ether oxygens (including phenoxy) is 2. The minimum atomic E-state index is -3.40. The van der Waals surface area contributed by atoms with Gasteiger partial charge in [-0.05, 0) is 61.2 Å². The van der Waals surface area contributed by atoms with Gasteiger partial charge >= 0.3 is 5.97 Å². The Hall–Kier alpha value is -2.38. The topological polar surface area (TPSA) is 72.9 Å². The van der Waals surface area contributed by atoms with E-state index in [0.29, 0.717) is 35.9 Å². The molecule has 0 N–H and O–H groups in total. The Morgan fingerprint density at radius 2 is 1.56 bits per heavy atom. The van der Waals surface area contributed by atoms with Gasteiger partial charge in [-0.25, -0.2) is 8.42 Å². The first-order valence-electron chi connectivity index (χ1n) is 8.93. The maximum Gasteiger partial charge on any atom is 0.311 e. The van der Waals surface area contributed by atoms with Crippen molar-refractivity contribution in [3.05, 3.63) is 54.1 Å². The SMILES string of the molecule is COc1ccc(OC(=O)CCc2ccc(S(=O)(=O)N3CCCC3)cc2)cc1. The Morgan fingerprint density at radius 1 is 0.963 bits per heavy atom. The third-order valence-electron chi connectivity index (χ3n) is 4.54. The summed E-state index contributed by atoms with van der Waals surface area (Å²) in [7, 11) is -1.83. The number of hydrogen-bond donors (Lipinski definition) is 0. The van der Waals surface area contributed by atoms with E-state index in [4.69, 9.17) is 9.47 Å². The third kappa shape index (κ3) is 4.87. The van der Waals surface area contributed by atoms with Gasteiger partial charge in [0.1, 0.15) is 11.5 Å². The molecule has 0 radical (unpaired) electrons. The summed E-state index contributed by atoms with van der Waals surface area (Å²) in [6.07, 6.45) is 2.52. The van der Waals surface area contributed by atoms with Crippen LogP contribution in [0.1, 0.15) is 24.8 Å². The molecule has 3 rings (SSSR count). The van der Waals surface area contributed by atoms with Crippen molar-refractivity contribution < 1.29 is 22.7 Å². The lowest BCUT2D eigenvalue weighted by molar-refractivity contribution is -0.134. The molecule has 0 aromatic heterocycles. The molecule has 0 bridgehead atoms. The molecule has 27 heavy (non-hydrogen) atoms. The van der Waals surface area contributed by atoms with Crippen LogP contribution < -0.4 is 9.47 Å². The normalized spacial score (nSPS) is 14.9. The number of nitrogens with zero attached hydrogens (tertiary/aromatic N) is 1. The maximum atomic E-state index is 12.5. The number of aryl methyl sites for hydroxylation is 1. The average Bonchev–Trinajstić information content (AvgIpc) is 3.23. The van der Waals surface area contributed by atoms with Gasteiger partial charge in [0, 0.05) is 19.5 Å². The Morgan fingerprint density at radius 3 is 2.15 bits per heavy atom. The highest BCUT2D eigenvalue weighted by Crippen LogP contribution is 2.22. The molecule has 0 atom stereocenters. The molecule has 2 aromatic rings. The molecular formula is C20H23NO5S. The molecule has 1 aliphatic rings. The first kappa shape index (κ1) is 19.4. The molecular weight excluding hydrogens is 366 g/mol. The summed E-state index contributed by atoms with van der Waals surface area (Å²) in [4.78, 5) is 12.3. The predicted molar refractivity (Wildman–Crippen MR) is 101 cm³/mol. The standard InChI is InChI=1S/C20H23NO5S/c1-25-17-7-9-18(10-8-17)26-20(22)13-6-16-4-11-19(12-5-16)27(23,24)21-14-2-3-15-21/h4-5,7-12H,2-3,6,13-15H2,1H3. The number of carbonyl (C=O) groups is 1. The fourth-order valence-corrected chi connectivity index (χ4v) is 4.50. The molecule has 0 saturated carbocycles. The van der Waals surface area contributed by atoms with E-state index in [0.717, 1.165) is 18.4 Å². The first-order valence-corrected chi connectivity index (χ1v) is 10.4. The van der Waals surface area contributed by atoms with Crippen LogP contribution in [0, 0.1) is 0 Å². The highest BCUT2D eigenvalue weighted by molar-refractivity contribution is 7.89. The number of sulfonamides is 1. The van der Waals surface area contributed by atoms with Crippen molar-refractivity contribution >= 4 is 16.0 Å². The van der Waals surface area contributed by atoms with Crippen LogP contribution in [0.3, 0.4) is 0 Å². The molecule has 2 aromatic carbocycles. The van der Waals surface area contributed by atoms with Gasteiger partial charge in [-0.2, -0.15) is 4.31 Å². The number of hydrogen-bond acceptors (Lipinski definition) is 5. The van der Waals surface area contributed by atoms with E-state index < -0.39 is 10.0 Å². The molecule has 0 aliphatic carbocycles. The Kier molecular flexibility index (Phi) is 6.13. The van der Waals surface area contributed by atoms with Gasteiger partial charge in [0.05, 0.1) is 12.0 Å². The maximum absolute atomic E-state index is 12.5. The van der Waals surface area contributed by atoms with Crippen LogP contribution in [0.25, 0.3) is 0 Å². The molecule has 7 heteroatoms. The predicted octanol–water partition coefficient (Wildman–Crippen LogP) is 3.02. The van der Waals surface area contributed by atoms with Crippen LogP contribution in [0.15, 0.2) is 53.4 Å². The zero-order valence-corrected chi connectivity index (χ0v) is 16.1. The van der Waals surface area contributed by atoms with Crippen molar-refractivity contribution in [1.82, 2.24) is 4.31 Å². The van der Waals surface area contributed by atoms with Crippen molar-refractivity contribution in [1.29, 1.82) is 0 Å². The summed E-state index contributed by atoms with van der Waals surface area (Å²) in [6.45, 7) is 1.17. The summed E-state index contributed by atoms with van der Waals surface area (Å²) >= 11 is 0. The van der Waals surface area contributed by atoms with Gasteiger partial charge in [-0.3, -0.25) is 4.79 Å². The van der Waals surface area contributed by atoms with E-state index in [1.807, 2.05) is 0 Å². The van der Waals surface area contributed by atoms with E-state index in [1.54, 1.807) is 55.6 Å². The van der Waals surface area contributed by atoms with Crippen molar-refractivity contribution in [3.8, 4) is 11.5 Å². The zero-order valence-electron chi connectivity index (χ0n) is 15.3. The fraction of sp³-hybridized carbons (Fsp3) is 0.350. The zero-order chi connectivity index (χ0) is 19.3. The first-order chi connectivity index (χ1) is 13.0. The lowest BCUT2D eigenvalue weighted by Gasteiger charge is -2.15. The molecule has 0 unspecified atom stereocenters. The van der Waals surface area contributed by atoms with Crippen LogP contribution in [-0.4, -0.2) is 38.9 Å². The van der Waals surface area contributed by atoms with Crippen LogP contribution in [0.4, 0.5) is 0 Å². The summed E-state index contributed by atoms with van der Waals surface area (Å²) in [5.74, 6) is 0.820. The second kappa shape index (κ2) is 8.54. The van der Waals surface area contributed by atoms with Gasteiger partial charge in [0.2, 0.25) is 10.0 Å². The second-order valence-corrected chi connectivity index (χ2v) is 8.34. The van der Waals surface area contributed by atoms with Gasteiger partial charge in [0.25, 0.3) is 0 Å². The Labute approximate surface area is 159 Å². The van der Waals surface area contributed by atoms with E-state index >= 15 is 0 Å². The molecule has 1 aliphatic heterocycles. The van der Waals surface area contributed by atoms with Gasteiger partial charge in [-0.15, -0.1) is 0 Å². The number of carbonyl (C=O) groups excluding carboxylic acids is 1. The quantitative estimate of drug-likeness (QED) is 0.538. The Bertz CT molecular complexity index is 870. The lowest BCUT2D eigenvalue weighted by Crippen LogP contribution is -2.27. The van der Waals surface area contributed by atoms with Crippen molar-refractivity contribution in [2.45, 2.75) is 30.6 Å². The second-order valence-electron chi connectivity index (χ2n) is 6.40. The van der Waals surface area contributed by atoms with E-state index in [2.05, 4.69) is 0 Å². The van der Waals surface area contributed by atoms with Crippen molar-refractivity contribution in [2.24, 2.45) is 0 Å². The van der Waals surface area contributed by atoms with Gasteiger partial charge < -0.3 is 9.47 Å². The summed E-state index contributed by atoms with van der Waals surface area (Å²) in [5.41, 5.74) is 0.891. The number of methoxy groups -OCH3 is 1. The molecule has 1 heterocycles. The number of esters is 1.